The summed E-state index contributed by atoms with van der Waals surface area (Å²) in [5, 5.41) is 16.6. The number of hydrogen-bond donors (Lipinski definition) is 5. The average molecular weight is 421 g/mol. The molecule has 0 spiro atoms. The summed E-state index contributed by atoms with van der Waals surface area (Å²) in [5.74, 6) is 1.31. The molecule has 0 radical (unpaired) electrons. The normalized spacial score (nSPS) is 13.1. The Morgan fingerprint density at radius 3 is 2.68 bits per heavy atom. The second-order valence-electron chi connectivity index (χ2n) is 6.21. The highest BCUT2D eigenvalue weighted by Crippen LogP contribution is 2.28. The lowest BCUT2D eigenvalue weighted by Crippen LogP contribution is -2.39. The predicted octanol–water partition coefficient (Wildman–Crippen LogP) is 3.55. The number of aromatic amines is 1. The van der Waals surface area contributed by atoms with E-state index in [0.29, 0.717) is 27.1 Å². The number of benzene rings is 2. The lowest BCUT2D eigenvalue weighted by molar-refractivity contribution is 0.241. The third-order valence-corrected chi connectivity index (χ3v) is 4.98. The fourth-order valence-electron chi connectivity index (χ4n) is 2.53. The van der Waals surface area contributed by atoms with E-state index >= 15 is 0 Å². The van der Waals surface area contributed by atoms with Gasteiger partial charge in [-0.1, -0.05) is 17.7 Å². The minimum atomic E-state index is -0.704. The van der Waals surface area contributed by atoms with E-state index in [1.807, 2.05) is 36.4 Å². The van der Waals surface area contributed by atoms with Crippen molar-refractivity contribution in [2.45, 2.75) is 19.1 Å². The number of anilines is 2. The largest absolute Gasteiger partial charge is 0.457 e. The van der Waals surface area contributed by atoms with Crippen molar-refractivity contribution in [1.29, 1.82) is 0 Å². The van der Waals surface area contributed by atoms with Crippen LogP contribution in [0, 0.1) is 0 Å². The van der Waals surface area contributed by atoms with E-state index in [4.69, 9.17) is 27.2 Å². The van der Waals surface area contributed by atoms with Crippen LogP contribution in [0.5, 0.6) is 11.5 Å². The second-order valence-corrected chi connectivity index (χ2v) is 7.47. The molecule has 3 rings (SSSR count). The first-order valence-electron chi connectivity index (χ1n) is 8.60. The highest BCUT2D eigenvalue weighted by Gasteiger charge is 2.19. The summed E-state index contributed by atoms with van der Waals surface area (Å²) in [4.78, 5) is 12.1. The van der Waals surface area contributed by atoms with Crippen LogP contribution in [0.1, 0.15) is 18.7 Å². The smallest absolute Gasteiger partial charge is 0.266 e. The van der Waals surface area contributed by atoms with Gasteiger partial charge in [0, 0.05) is 16.8 Å². The van der Waals surface area contributed by atoms with Crippen LogP contribution in [-0.2, 0) is 0 Å². The maximum Gasteiger partial charge on any atom is 0.266 e. The molecule has 2 aromatic carbocycles. The highest BCUT2D eigenvalue weighted by molar-refractivity contribution is 7.10. The van der Waals surface area contributed by atoms with Crippen molar-refractivity contribution in [3.05, 3.63) is 69.5 Å². The Labute approximate surface area is 171 Å². The first-order valence-corrected chi connectivity index (χ1v) is 9.80. The standard InChI is InChI=1S/C19H21ClN4O3S/c1-11(10-25)22-17(21)16-18(26)24-28-19(16)23-13-5-7-14(8-6-13)27-15-4-2-3-12(20)9-15/h2-9,11,17,22-23,25H,10,21H2,1H3,(H,24,26). The van der Waals surface area contributed by atoms with Gasteiger partial charge in [0.15, 0.2) is 0 Å². The third-order valence-electron chi connectivity index (χ3n) is 3.93. The van der Waals surface area contributed by atoms with Crippen molar-refractivity contribution in [2.75, 3.05) is 11.9 Å². The number of aliphatic hydroxyl groups is 1. The van der Waals surface area contributed by atoms with Gasteiger partial charge in [0.25, 0.3) is 5.56 Å². The molecule has 6 N–H and O–H groups in total. The van der Waals surface area contributed by atoms with Crippen LogP contribution in [0.4, 0.5) is 10.7 Å². The number of nitrogens with two attached hydrogens (primary N) is 1. The zero-order valence-corrected chi connectivity index (χ0v) is 16.7. The first kappa shape index (κ1) is 20.4. The van der Waals surface area contributed by atoms with Gasteiger partial charge in [-0.25, -0.2) is 0 Å². The van der Waals surface area contributed by atoms with Crippen molar-refractivity contribution in [3.63, 3.8) is 0 Å². The van der Waals surface area contributed by atoms with E-state index in [1.165, 1.54) is 11.5 Å². The quantitative estimate of drug-likeness (QED) is 0.356. The molecule has 1 heterocycles. The van der Waals surface area contributed by atoms with E-state index in [1.54, 1.807) is 19.1 Å². The fraction of sp³-hybridized carbons (Fsp3) is 0.211. The van der Waals surface area contributed by atoms with Crippen molar-refractivity contribution >= 4 is 33.8 Å². The minimum Gasteiger partial charge on any atom is -0.457 e. The van der Waals surface area contributed by atoms with E-state index < -0.39 is 6.17 Å². The molecule has 148 valence electrons. The van der Waals surface area contributed by atoms with Crippen LogP contribution >= 0.6 is 23.1 Å². The van der Waals surface area contributed by atoms with Gasteiger partial charge >= 0.3 is 0 Å². The highest BCUT2D eigenvalue weighted by atomic mass is 35.5. The predicted molar refractivity (Wildman–Crippen MR) is 113 cm³/mol. The Kier molecular flexibility index (Phi) is 6.71. The molecular formula is C19H21ClN4O3S. The van der Waals surface area contributed by atoms with Crippen LogP contribution in [-0.4, -0.2) is 22.1 Å². The van der Waals surface area contributed by atoms with Gasteiger partial charge in [-0.2, -0.15) is 0 Å². The summed E-state index contributed by atoms with van der Waals surface area (Å²) >= 11 is 7.13. The summed E-state index contributed by atoms with van der Waals surface area (Å²) in [6.45, 7) is 1.71. The second kappa shape index (κ2) is 9.22. The molecule has 1 aromatic heterocycles. The Morgan fingerprint density at radius 1 is 1.25 bits per heavy atom. The molecule has 9 heteroatoms. The molecule has 0 fully saturated rings. The van der Waals surface area contributed by atoms with Gasteiger partial charge in [0.05, 0.1) is 18.3 Å². The molecule has 0 amide bonds. The molecule has 28 heavy (non-hydrogen) atoms. The molecule has 7 nitrogen and oxygen atoms in total. The van der Waals surface area contributed by atoms with Gasteiger partial charge in [-0.3, -0.25) is 14.5 Å². The van der Waals surface area contributed by atoms with E-state index in [-0.39, 0.29) is 18.2 Å². The summed E-state index contributed by atoms with van der Waals surface area (Å²) in [6, 6.07) is 14.2. The molecule has 3 aromatic rings. The topological polar surface area (TPSA) is 112 Å². The molecule has 0 aliphatic rings. The third kappa shape index (κ3) is 5.12. The van der Waals surface area contributed by atoms with Gasteiger partial charge in [-0.15, -0.1) is 0 Å². The van der Waals surface area contributed by atoms with Crippen molar-refractivity contribution in [2.24, 2.45) is 5.73 Å². The fourth-order valence-corrected chi connectivity index (χ4v) is 3.52. The van der Waals surface area contributed by atoms with Crippen LogP contribution in [0.2, 0.25) is 5.02 Å². The Bertz CT molecular complexity index is 974. The first-order chi connectivity index (χ1) is 13.5. The monoisotopic (exact) mass is 420 g/mol. The minimum absolute atomic E-state index is 0.0768. The SMILES string of the molecule is CC(CO)NC(N)c1c(Nc2ccc(Oc3cccc(Cl)c3)cc2)s[nH]c1=O. The molecule has 2 atom stereocenters. The molecule has 0 aliphatic heterocycles. The summed E-state index contributed by atoms with van der Waals surface area (Å²) < 4.78 is 8.45. The van der Waals surface area contributed by atoms with Crippen LogP contribution in [0.3, 0.4) is 0 Å². The molecule has 2 unspecified atom stereocenters. The zero-order chi connectivity index (χ0) is 20.1. The summed E-state index contributed by atoms with van der Waals surface area (Å²) in [7, 11) is 0. The maximum atomic E-state index is 12.1. The van der Waals surface area contributed by atoms with Gasteiger partial charge in [0.2, 0.25) is 0 Å². The average Bonchev–Trinajstić information content (AvgIpc) is 3.03. The molecule has 0 saturated heterocycles. The number of nitrogens with one attached hydrogen (secondary N) is 3. The molecule has 0 bridgehead atoms. The van der Waals surface area contributed by atoms with E-state index in [9.17, 15) is 4.79 Å². The molecular weight excluding hydrogens is 400 g/mol. The van der Waals surface area contributed by atoms with E-state index in [0.717, 1.165) is 5.69 Å². The van der Waals surface area contributed by atoms with Gasteiger partial charge in [-0.05, 0) is 60.9 Å². The number of aliphatic hydroxyl groups excluding tert-OH is 1. The number of aromatic nitrogens is 1. The summed E-state index contributed by atoms with van der Waals surface area (Å²) in [6.07, 6.45) is -0.704. The molecule has 0 aliphatic carbocycles. The van der Waals surface area contributed by atoms with Crippen molar-refractivity contribution < 1.29 is 9.84 Å². The summed E-state index contributed by atoms with van der Waals surface area (Å²) in [5.41, 5.74) is 6.99. The zero-order valence-electron chi connectivity index (χ0n) is 15.1. The van der Waals surface area contributed by atoms with Crippen LogP contribution in [0.15, 0.2) is 53.3 Å². The number of H-pyrrole nitrogens is 1. The molecule has 0 saturated carbocycles. The van der Waals surface area contributed by atoms with Gasteiger partial charge < -0.3 is 20.9 Å². The van der Waals surface area contributed by atoms with Crippen LogP contribution in [0.25, 0.3) is 0 Å². The van der Waals surface area contributed by atoms with E-state index in [2.05, 4.69) is 15.0 Å². The van der Waals surface area contributed by atoms with Crippen molar-refractivity contribution in [1.82, 2.24) is 9.69 Å². The lowest BCUT2D eigenvalue weighted by Gasteiger charge is -2.18. The lowest BCUT2D eigenvalue weighted by atomic mass is 10.2. The van der Waals surface area contributed by atoms with Crippen LogP contribution < -0.4 is 26.7 Å². The number of hydrogen-bond acceptors (Lipinski definition) is 7. The number of ether oxygens (including phenoxy) is 1. The van der Waals surface area contributed by atoms with Crippen molar-refractivity contribution in [3.8, 4) is 11.5 Å². The number of rotatable bonds is 8. The Hall–Kier alpha value is -2.36. The van der Waals surface area contributed by atoms with Gasteiger partial charge in [0.1, 0.15) is 16.5 Å². The Morgan fingerprint density at radius 2 is 2.00 bits per heavy atom. The maximum absolute atomic E-state index is 12.1. The Balaban J connectivity index is 1.72. The number of halogens is 1.